The summed E-state index contributed by atoms with van der Waals surface area (Å²) in [6, 6.07) is 15.0. The smallest absolute Gasteiger partial charge is 0.307 e. The lowest BCUT2D eigenvalue weighted by Crippen LogP contribution is -2.32. The number of hydrogen-bond acceptors (Lipinski definition) is 10. The summed E-state index contributed by atoms with van der Waals surface area (Å²) in [5.41, 5.74) is 7.40. The Labute approximate surface area is 316 Å². The van der Waals surface area contributed by atoms with Gasteiger partial charge in [0.15, 0.2) is 17.3 Å². The number of aliphatic carboxylic acids is 1. The van der Waals surface area contributed by atoms with Crippen LogP contribution in [-0.2, 0) is 17.9 Å². The zero-order valence-corrected chi connectivity index (χ0v) is 30.7. The Hall–Kier alpha value is -5.38. The molecule has 0 aliphatic carbocycles. The van der Waals surface area contributed by atoms with Crippen LogP contribution in [0.4, 0.5) is 26.0 Å². The Balaban J connectivity index is 1.03. The number of benzene rings is 2. The molecule has 2 aromatic carbocycles. The monoisotopic (exact) mass is 751 g/mol. The molecule has 6 heterocycles. The van der Waals surface area contributed by atoms with Crippen LogP contribution < -0.4 is 10.6 Å². The first-order valence-corrected chi connectivity index (χ1v) is 18.7. The first kappa shape index (κ1) is 36.6. The predicted octanol–water partition coefficient (Wildman–Crippen LogP) is 6.25. The van der Waals surface area contributed by atoms with Gasteiger partial charge >= 0.3 is 5.97 Å². The van der Waals surface area contributed by atoms with Gasteiger partial charge in [-0.15, -0.1) is 0 Å². The zero-order valence-electron chi connectivity index (χ0n) is 30.7. The lowest BCUT2D eigenvalue weighted by atomic mass is 9.94. The van der Waals surface area contributed by atoms with E-state index in [2.05, 4.69) is 40.5 Å². The molecule has 5 aromatic rings. The number of carbonyl (C=O) groups excluding carboxylic acids is 1. The number of fused-ring (bicyclic) bond motifs is 2. The minimum atomic E-state index is -2.89. The van der Waals surface area contributed by atoms with Gasteiger partial charge in [-0.05, 0) is 98.2 Å². The van der Waals surface area contributed by atoms with Gasteiger partial charge in [0.1, 0.15) is 5.52 Å². The topological polar surface area (TPSA) is 162 Å². The van der Waals surface area contributed by atoms with Crippen LogP contribution in [0.5, 0.6) is 0 Å². The van der Waals surface area contributed by atoms with Crippen molar-refractivity contribution in [3.05, 3.63) is 88.6 Å². The number of alkyl halides is 2. The number of anilines is 3. The maximum Gasteiger partial charge on any atom is 0.307 e. The number of halogens is 2. The van der Waals surface area contributed by atoms with E-state index in [0.717, 1.165) is 52.9 Å². The van der Waals surface area contributed by atoms with Crippen LogP contribution in [0.3, 0.4) is 0 Å². The molecule has 3 aliphatic rings. The van der Waals surface area contributed by atoms with Crippen molar-refractivity contribution >= 4 is 40.1 Å². The van der Waals surface area contributed by atoms with Crippen molar-refractivity contribution in [3.8, 4) is 11.1 Å². The summed E-state index contributed by atoms with van der Waals surface area (Å²) in [7, 11) is 0. The molecule has 1 unspecified atom stereocenters. The molecule has 3 aliphatic heterocycles. The molecule has 4 N–H and O–H groups in total. The zero-order chi connectivity index (χ0) is 38.4. The number of aliphatic hydroxyl groups excluding tert-OH is 1. The summed E-state index contributed by atoms with van der Waals surface area (Å²) < 4.78 is 30.0. The van der Waals surface area contributed by atoms with Gasteiger partial charge in [-0.25, -0.2) is 18.7 Å². The molecule has 3 aromatic heterocycles. The van der Waals surface area contributed by atoms with Gasteiger partial charge in [0.25, 0.3) is 12.3 Å². The number of pyridine rings is 1. The standard InChI is InChI=1S/C40H43F2N9O4/c1-22-27(6-3-8-29(22)44-37-35-31(45-38(47-37)36(41)42)16-24(18-43-35)19-49-14-12-26(52)21-49)28-7-4-9-30(23(28)2)46-39(53)32-17-34-33(10-5-13-51(34)48-32)50-15-11-25(20-50)40(54)55/h3-4,6-9,16-18,25-26,33,36,52H,5,10-15,19-21H2,1-2H3,(H,46,53)(H,54,55)(H,44,45,47)/t25-,26-,33?/m1/s1. The summed E-state index contributed by atoms with van der Waals surface area (Å²) >= 11 is 0. The summed E-state index contributed by atoms with van der Waals surface area (Å²) in [5, 5.41) is 30.4. The number of amides is 1. The third-order valence-corrected chi connectivity index (χ3v) is 11.2. The normalized spacial score (nSPS) is 20.3. The Kier molecular flexibility index (Phi) is 10.0. The van der Waals surface area contributed by atoms with Gasteiger partial charge in [0.2, 0.25) is 0 Å². The Morgan fingerprint density at radius 3 is 2.42 bits per heavy atom. The Morgan fingerprint density at radius 1 is 0.945 bits per heavy atom. The molecule has 0 radical (unpaired) electrons. The van der Waals surface area contributed by atoms with E-state index >= 15 is 0 Å². The second-order valence-corrected chi connectivity index (χ2v) is 14.8. The quantitative estimate of drug-likeness (QED) is 0.128. The Bertz CT molecular complexity index is 2280. The van der Waals surface area contributed by atoms with E-state index < -0.39 is 18.2 Å². The van der Waals surface area contributed by atoms with Gasteiger partial charge in [0, 0.05) is 50.3 Å². The highest BCUT2D eigenvalue weighted by atomic mass is 19.3. The van der Waals surface area contributed by atoms with Crippen LogP contribution in [0.1, 0.15) is 76.8 Å². The third-order valence-electron chi connectivity index (χ3n) is 11.2. The number of aliphatic hydroxyl groups is 1. The van der Waals surface area contributed by atoms with E-state index in [-0.39, 0.29) is 29.8 Å². The fraction of sp³-hybridized carbons (Fsp3) is 0.400. The molecule has 8 rings (SSSR count). The number of aromatic nitrogens is 5. The van der Waals surface area contributed by atoms with Crippen LogP contribution in [0.15, 0.2) is 54.7 Å². The molecule has 15 heteroatoms. The molecule has 13 nitrogen and oxygen atoms in total. The van der Waals surface area contributed by atoms with E-state index in [1.54, 1.807) is 12.3 Å². The average Bonchev–Trinajstić information content (AvgIpc) is 3.93. The molecule has 286 valence electrons. The van der Waals surface area contributed by atoms with Gasteiger partial charge < -0.3 is 20.8 Å². The summed E-state index contributed by atoms with van der Waals surface area (Å²) in [6.45, 7) is 7.57. The van der Waals surface area contributed by atoms with Crippen LogP contribution >= 0.6 is 0 Å². The number of aryl methyl sites for hydroxylation is 1. The summed E-state index contributed by atoms with van der Waals surface area (Å²) in [4.78, 5) is 42.4. The molecular weight excluding hydrogens is 708 g/mol. The number of carbonyl (C=O) groups is 2. The summed E-state index contributed by atoms with van der Waals surface area (Å²) in [6.07, 6.45) is 1.52. The fourth-order valence-corrected chi connectivity index (χ4v) is 8.22. The van der Waals surface area contributed by atoms with Gasteiger partial charge in [-0.3, -0.25) is 29.1 Å². The molecule has 3 atom stereocenters. The van der Waals surface area contributed by atoms with Crippen molar-refractivity contribution < 1.29 is 28.6 Å². The highest BCUT2D eigenvalue weighted by molar-refractivity contribution is 6.04. The number of carboxylic acid groups (broad SMARTS) is 1. The predicted molar refractivity (Wildman–Crippen MR) is 202 cm³/mol. The number of rotatable bonds is 10. The van der Waals surface area contributed by atoms with E-state index in [0.29, 0.717) is 73.7 Å². The molecule has 1 amide bonds. The molecule has 2 fully saturated rings. The second-order valence-electron chi connectivity index (χ2n) is 14.8. The van der Waals surface area contributed by atoms with Gasteiger partial charge in [-0.1, -0.05) is 24.3 Å². The SMILES string of the molecule is Cc1c(NC(=O)c2cc3n(n2)CCCC3N2CC[C@@H](C(=O)O)C2)cccc1-c1cccc(Nc2nc(C(F)F)nc3cc(CN4CC[C@@H](O)C4)cnc23)c1C. The van der Waals surface area contributed by atoms with Crippen LogP contribution in [-0.4, -0.2) is 88.9 Å². The lowest BCUT2D eigenvalue weighted by Gasteiger charge is -2.31. The minimum Gasteiger partial charge on any atom is -0.481 e. The van der Waals surface area contributed by atoms with Crippen LogP contribution in [0.25, 0.3) is 22.2 Å². The minimum absolute atomic E-state index is 0.0206. The van der Waals surface area contributed by atoms with Crippen molar-refractivity contribution in [3.63, 3.8) is 0 Å². The largest absolute Gasteiger partial charge is 0.481 e. The van der Waals surface area contributed by atoms with Crippen LogP contribution in [0.2, 0.25) is 0 Å². The second kappa shape index (κ2) is 15.0. The number of nitrogens with zero attached hydrogens (tertiary/aromatic N) is 7. The van der Waals surface area contributed by atoms with E-state index in [9.17, 15) is 28.6 Å². The number of nitrogens with one attached hydrogen (secondary N) is 2. The lowest BCUT2D eigenvalue weighted by molar-refractivity contribution is -0.141. The highest BCUT2D eigenvalue weighted by Crippen LogP contribution is 2.37. The van der Waals surface area contributed by atoms with Crippen molar-refractivity contribution in [1.29, 1.82) is 0 Å². The molecular formula is C40H43F2N9O4. The molecule has 0 spiro atoms. The van der Waals surface area contributed by atoms with E-state index in [4.69, 9.17) is 0 Å². The number of hydrogen-bond donors (Lipinski definition) is 4. The highest BCUT2D eigenvalue weighted by Gasteiger charge is 2.36. The van der Waals surface area contributed by atoms with Crippen molar-refractivity contribution in [2.24, 2.45) is 5.92 Å². The Morgan fingerprint density at radius 2 is 1.71 bits per heavy atom. The first-order chi connectivity index (χ1) is 26.5. The maximum atomic E-state index is 14.0. The van der Waals surface area contributed by atoms with Gasteiger partial charge in [-0.2, -0.15) is 5.10 Å². The van der Waals surface area contributed by atoms with E-state index in [1.165, 1.54) is 0 Å². The fourth-order valence-electron chi connectivity index (χ4n) is 8.22. The van der Waals surface area contributed by atoms with Crippen molar-refractivity contribution in [2.75, 3.05) is 36.8 Å². The van der Waals surface area contributed by atoms with Crippen LogP contribution in [0, 0.1) is 19.8 Å². The summed E-state index contributed by atoms with van der Waals surface area (Å²) in [5.74, 6) is -1.92. The number of carboxylic acids is 1. The molecule has 0 bridgehead atoms. The number of β-amino-alcohol motifs (C(OH)–C–C–N with tert-alkyl or cyclic N) is 1. The first-order valence-electron chi connectivity index (χ1n) is 18.7. The average molecular weight is 752 g/mol. The maximum absolute atomic E-state index is 14.0. The number of likely N-dealkylation sites (tertiary alicyclic amines) is 2. The molecule has 0 saturated carbocycles. The van der Waals surface area contributed by atoms with Gasteiger partial charge in [0.05, 0.1) is 29.3 Å². The molecule has 55 heavy (non-hydrogen) atoms. The van der Waals surface area contributed by atoms with E-state index in [1.807, 2.05) is 61.0 Å². The third kappa shape index (κ3) is 7.39. The van der Waals surface area contributed by atoms with Crippen molar-refractivity contribution in [1.82, 2.24) is 34.5 Å². The van der Waals surface area contributed by atoms with Crippen molar-refractivity contribution in [2.45, 2.75) is 71.2 Å². The molecule has 2 saturated heterocycles.